The number of carbonyl (C=O) groups is 2. The van der Waals surface area contributed by atoms with Crippen LogP contribution < -0.4 is 16.0 Å². The minimum absolute atomic E-state index is 0.0561. The number of benzene rings is 1. The minimum Gasteiger partial charge on any atom is -0.355 e. The predicted octanol–water partition coefficient (Wildman–Crippen LogP) is 1.76. The van der Waals surface area contributed by atoms with Crippen LogP contribution >= 0.6 is 0 Å². The second kappa shape index (κ2) is 6.72. The number of anilines is 1. The van der Waals surface area contributed by atoms with Crippen molar-refractivity contribution < 1.29 is 9.59 Å². The van der Waals surface area contributed by atoms with Crippen molar-refractivity contribution in [3.05, 3.63) is 29.8 Å². The number of hydrogen-bond donors (Lipinski definition) is 3. The standard InChI is InChI=1S/C16H23N3O2/c1-3-16(7-9-18-10-8-16)15(21)19-13-6-4-5-12(11-13)14(20)17-2/h4-6,11,18H,3,7-10H2,1-2H3,(H,17,20)(H,19,21). The monoisotopic (exact) mass is 289 g/mol. The molecule has 1 aromatic carbocycles. The Kier molecular flexibility index (Phi) is 4.96. The summed E-state index contributed by atoms with van der Waals surface area (Å²) in [5.41, 5.74) is 0.924. The molecule has 2 amide bonds. The van der Waals surface area contributed by atoms with E-state index < -0.39 is 0 Å². The largest absolute Gasteiger partial charge is 0.355 e. The molecule has 1 aromatic rings. The highest BCUT2D eigenvalue weighted by Gasteiger charge is 2.37. The number of nitrogens with one attached hydrogen (secondary N) is 3. The normalized spacial score (nSPS) is 17.0. The van der Waals surface area contributed by atoms with Gasteiger partial charge in [0.05, 0.1) is 5.41 Å². The lowest BCUT2D eigenvalue weighted by Gasteiger charge is -2.35. The Bertz CT molecular complexity index is 522. The SMILES string of the molecule is CCC1(C(=O)Nc2cccc(C(=O)NC)c2)CCNCC1. The summed E-state index contributed by atoms with van der Waals surface area (Å²) in [4.78, 5) is 24.3. The van der Waals surface area contributed by atoms with E-state index in [1.165, 1.54) is 0 Å². The molecule has 0 aliphatic carbocycles. The van der Waals surface area contributed by atoms with Gasteiger partial charge in [-0.3, -0.25) is 9.59 Å². The van der Waals surface area contributed by atoms with Gasteiger partial charge in [0, 0.05) is 18.3 Å². The van der Waals surface area contributed by atoms with Crippen molar-refractivity contribution in [3.8, 4) is 0 Å². The van der Waals surface area contributed by atoms with Gasteiger partial charge in [-0.1, -0.05) is 13.0 Å². The zero-order valence-electron chi connectivity index (χ0n) is 12.7. The predicted molar refractivity (Wildman–Crippen MR) is 83.3 cm³/mol. The Balaban J connectivity index is 2.13. The summed E-state index contributed by atoms with van der Waals surface area (Å²) < 4.78 is 0. The maximum absolute atomic E-state index is 12.6. The van der Waals surface area contributed by atoms with Crippen LogP contribution in [0.5, 0.6) is 0 Å². The molecular weight excluding hydrogens is 266 g/mol. The average molecular weight is 289 g/mol. The maximum atomic E-state index is 12.6. The summed E-state index contributed by atoms with van der Waals surface area (Å²) in [5, 5.41) is 8.85. The third-order valence-corrected chi connectivity index (χ3v) is 4.33. The Morgan fingerprint density at radius 1 is 1.29 bits per heavy atom. The molecule has 0 spiro atoms. The van der Waals surface area contributed by atoms with Crippen LogP contribution in [0.4, 0.5) is 5.69 Å². The molecule has 1 aliphatic rings. The lowest BCUT2D eigenvalue weighted by Crippen LogP contribution is -2.44. The Morgan fingerprint density at radius 3 is 2.62 bits per heavy atom. The highest BCUT2D eigenvalue weighted by Crippen LogP contribution is 2.33. The van der Waals surface area contributed by atoms with Gasteiger partial charge in [0.2, 0.25) is 5.91 Å². The van der Waals surface area contributed by atoms with E-state index in [9.17, 15) is 9.59 Å². The Hall–Kier alpha value is -1.88. The van der Waals surface area contributed by atoms with Crippen LogP contribution in [-0.4, -0.2) is 32.0 Å². The second-order valence-electron chi connectivity index (χ2n) is 5.50. The number of amides is 2. The summed E-state index contributed by atoms with van der Waals surface area (Å²) in [6.45, 7) is 3.81. The zero-order chi connectivity index (χ0) is 15.3. The minimum atomic E-state index is -0.297. The molecule has 0 unspecified atom stereocenters. The van der Waals surface area contributed by atoms with E-state index in [1.807, 2.05) is 6.07 Å². The molecule has 2 rings (SSSR count). The smallest absolute Gasteiger partial charge is 0.251 e. The van der Waals surface area contributed by atoms with Crippen molar-refractivity contribution in [1.82, 2.24) is 10.6 Å². The molecule has 21 heavy (non-hydrogen) atoms. The molecule has 114 valence electrons. The van der Waals surface area contributed by atoms with E-state index in [0.29, 0.717) is 11.3 Å². The fourth-order valence-corrected chi connectivity index (χ4v) is 2.79. The first kappa shape index (κ1) is 15.5. The number of carbonyl (C=O) groups excluding carboxylic acids is 2. The first-order chi connectivity index (χ1) is 10.1. The van der Waals surface area contributed by atoms with Gasteiger partial charge in [-0.15, -0.1) is 0 Å². The molecule has 0 saturated carbocycles. The van der Waals surface area contributed by atoms with Gasteiger partial charge in [-0.2, -0.15) is 0 Å². The van der Waals surface area contributed by atoms with Crippen LogP contribution in [0, 0.1) is 5.41 Å². The topological polar surface area (TPSA) is 70.2 Å². The van der Waals surface area contributed by atoms with E-state index in [2.05, 4.69) is 22.9 Å². The fourth-order valence-electron chi connectivity index (χ4n) is 2.79. The molecule has 1 saturated heterocycles. The van der Waals surface area contributed by atoms with Gasteiger partial charge in [0.25, 0.3) is 5.91 Å². The average Bonchev–Trinajstić information content (AvgIpc) is 2.54. The summed E-state index contributed by atoms with van der Waals surface area (Å²) in [5.74, 6) is -0.0984. The summed E-state index contributed by atoms with van der Waals surface area (Å²) in [6.07, 6.45) is 2.53. The molecule has 5 heteroatoms. The summed E-state index contributed by atoms with van der Waals surface area (Å²) >= 11 is 0. The zero-order valence-corrected chi connectivity index (χ0v) is 12.7. The fraction of sp³-hybridized carbons (Fsp3) is 0.500. The van der Waals surface area contributed by atoms with Gasteiger partial charge >= 0.3 is 0 Å². The van der Waals surface area contributed by atoms with E-state index in [0.717, 1.165) is 32.4 Å². The van der Waals surface area contributed by atoms with Gasteiger partial charge in [0.15, 0.2) is 0 Å². The lowest BCUT2D eigenvalue weighted by atomic mass is 9.76. The molecule has 0 bridgehead atoms. The summed E-state index contributed by atoms with van der Waals surface area (Å²) in [7, 11) is 1.59. The van der Waals surface area contributed by atoms with Crippen molar-refractivity contribution in [2.75, 3.05) is 25.5 Å². The number of rotatable bonds is 4. The van der Waals surface area contributed by atoms with Crippen molar-refractivity contribution in [2.24, 2.45) is 5.41 Å². The van der Waals surface area contributed by atoms with Crippen molar-refractivity contribution >= 4 is 17.5 Å². The van der Waals surface area contributed by atoms with Crippen molar-refractivity contribution in [1.29, 1.82) is 0 Å². The lowest BCUT2D eigenvalue weighted by molar-refractivity contribution is -0.127. The van der Waals surface area contributed by atoms with Crippen LogP contribution in [0.3, 0.4) is 0 Å². The van der Waals surface area contributed by atoms with Crippen LogP contribution in [0.1, 0.15) is 36.5 Å². The van der Waals surface area contributed by atoms with Gasteiger partial charge in [-0.25, -0.2) is 0 Å². The number of piperidine rings is 1. The van der Waals surface area contributed by atoms with Gasteiger partial charge in [0.1, 0.15) is 0 Å². The van der Waals surface area contributed by atoms with Crippen molar-refractivity contribution in [2.45, 2.75) is 26.2 Å². The van der Waals surface area contributed by atoms with Gasteiger partial charge in [-0.05, 0) is 50.6 Å². The molecule has 1 heterocycles. The van der Waals surface area contributed by atoms with E-state index in [-0.39, 0.29) is 17.2 Å². The van der Waals surface area contributed by atoms with Crippen LogP contribution in [-0.2, 0) is 4.79 Å². The van der Waals surface area contributed by atoms with Crippen LogP contribution in [0.15, 0.2) is 24.3 Å². The van der Waals surface area contributed by atoms with Crippen molar-refractivity contribution in [3.63, 3.8) is 0 Å². The first-order valence-corrected chi connectivity index (χ1v) is 7.45. The number of hydrogen-bond acceptors (Lipinski definition) is 3. The third-order valence-electron chi connectivity index (χ3n) is 4.33. The third kappa shape index (κ3) is 3.42. The Labute approximate surface area is 125 Å². The molecule has 0 radical (unpaired) electrons. The van der Waals surface area contributed by atoms with Crippen LogP contribution in [0.2, 0.25) is 0 Å². The molecule has 5 nitrogen and oxygen atoms in total. The quantitative estimate of drug-likeness (QED) is 0.791. The van der Waals surface area contributed by atoms with E-state index >= 15 is 0 Å². The summed E-state index contributed by atoms with van der Waals surface area (Å²) in [6, 6.07) is 7.03. The van der Waals surface area contributed by atoms with Gasteiger partial charge < -0.3 is 16.0 Å². The van der Waals surface area contributed by atoms with Crippen LogP contribution in [0.25, 0.3) is 0 Å². The first-order valence-electron chi connectivity index (χ1n) is 7.45. The maximum Gasteiger partial charge on any atom is 0.251 e. The molecular formula is C16H23N3O2. The molecule has 0 aromatic heterocycles. The van der Waals surface area contributed by atoms with E-state index in [4.69, 9.17) is 0 Å². The highest BCUT2D eigenvalue weighted by molar-refractivity contribution is 5.98. The van der Waals surface area contributed by atoms with E-state index in [1.54, 1.807) is 25.2 Å². The Morgan fingerprint density at radius 2 is 2.00 bits per heavy atom. The molecule has 3 N–H and O–H groups in total. The second-order valence-corrected chi connectivity index (χ2v) is 5.50. The highest BCUT2D eigenvalue weighted by atomic mass is 16.2. The molecule has 0 atom stereocenters. The molecule has 1 aliphatic heterocycles. The molecule has 1 fully saturated rings.